The van der Waals surface area contributed by atoms with Crippen molar-refractivity contribution in [2.75, 3.05) is 6.61 Å². The fraction of sp³-hybridized carbons (Fsp3) is 0.278. The Kier molecular flexibility index (Phi) is 5.52. The van der Waals surface area contributed by atoms with Gasteiger partial charge >= 0.3 is 11.7 Å². The first-order valence-corrected chi connectivity index (χ1v) is 7.56. The van der Waals surface area contributed by atoms with Gasteiger partial charge in [0, 0.05) is 6.07 Å². The molecular weight excluding hydrogens is 310 g/mol. The maximum atomic E-state index is 11.9. The second kappa shape index (κ2) is 7.59. The van der Waals surface area contributed by atoms with Crippen molar-refractivity contribution in [3.8, 4) is 11.5 Å². The summed E-state index contributed by atoms with van der Waals surface area (Å²) in [6.07, 6.45) is 0. The Labute approximate surface area is 140 Å². The lowest BCUT2D eigenvalue weighted by atomic mass is 9.98. The van der Waals surface area contributed by atoms with Crippen LogP contribution < -0.4 is 9.47 Å². The lowest BCUT2D eigenvalue weighted by molar-refractivity contribution is -0.385. The highest BCUT2D eigenvalue weighted by Gasteiger charge is 2.16. The molecule has 2 aromatic rings. The van der Waals surface area contributed by atoms with E-state index >= 15 is 0 Å². The number of nitro benzene ring substituents is 1. The van der Waals surface area contributed by atoms with E-state index in [1.807, 2.05) is 13.0 Å². The molecule has 24 heavy (non-hydrogen) atoms. The number of nitro groups is 1. The summed E-state index contributed by atoms with van der Waals surface area (Å²) >= 11 is 0. The molecule has 0 fully saturated rings. The van der Waals surface area contributed by atoms with Gasteiger partial charge in [-0.25, -0.2) is 4.79 Å². The van der Waals surface area contributed by atoms with Gasteiger partial charge in [0.15, 0.2) is 12.4 Å². The van der Waals surface area contributed by atoms with E-state index in [2.05, 4.69) is 13.8 Å². The second-order valence-electron chi connectivity index (χ2n) is 5.66. The summed E-state index contributed by atoms with van der Waals surface area (Å²) in [5.41, 5.74) is 2.03. The van der Waals surface area contributed by atoms with Crippen LogP contribution in [0.3, 0.4) is 0 Å². The zero-order valence-electron chi connectivity index (χ0n) is 13.8. The highest BCUT2D eigenvalue weighted by molar-refractivity contribution is 5.74. The number of carbonyl (C=O) groups is 1. The minimum atomic E-state index is -0.621. The summed E-state index contributed by atoms with van der Waals surface area (Å²) in [7, 11) is 0. The average molecular weight is 329 g/mol. The van der Waals surface area contributed by atoms with E-state index in [1.165, 1.54) is 23.8 Å². The molecule has 0 aliphatic rings. The summed E-state index contributed by atoms with van der Waals surface area (Å²) in [5.74, 6) is 0.223. The molecule has 0 spiro atoms. The summed E-state index contributed by atoms with van der Waals surface area (Å²) in [6.45, 7) is 5.73. The van der Waals surface area contributed by atoms with E-state index in [9.17, 15) is 14.9 Å². The third-order valence-electron chi connectivity index (χ3n) is 3.50. The number of benzene rings is 2. The first kappa shape index (κ1) is 17.5. The Morgan fingerprint density at radius 2 is 1.92 bits per heavy atom. The van der Waals surface area contributed by atoms with Crippen molar-refractivity contribution in [1.82, 2.24) is 0 Å². The quantitative estimate of drug-likeness (QED) is 0.346. The number of hydrogen-bond acceptors (Lipinski definition) is 5. The smallest absolute Gasteiger partial charge is 0.349 e. The maximum absolute atomic E-state index is 11.9. The van der Waals surface area contributed by atoms with E-state index < -0.39 is 17.5 Å². The first-order chi connectivity index (χ1) is 11.4. The molecule has 0 aromatic heterocycles. The van der Waals surface area contributed by atoms with Gasteiger partial charge in [-0.3, -0.25) is 10.1 Å². The van der Waals surface area contributed by atoms with Crippen LogP contribution >= 0.6 is 0 Å². The number of ether oxygens (including phenoxy) is 2. The van der Waals surface area contributed by atoms with Gasteiger partial charge in [0.1, 0.15) is 5.75 Å². The van der Waals surface area contributed by atoms with Crippen LogP contribution in [-0.2, 0) is 4.79 Å². The van der Waals surface area contributed by atoms with Crippen LogP contribution in [0.5, 0.6) is 11.5 Å². The topological polar surface area (TPSA) is 78.7 Å². The Morgan fingerprint density at radius 3 is 2.54 bits per heavy atom. The molecule has 2 rings (SSSR count). The van der Waals surface area contributed by atoms with Crippen molar-refractivity contribution in [2.24, 2.45) is 0 Å². The monoisotopic (exact) mass is 329 g/mol. The number of esters is 1. The standard InChI is InChI=1S/C18H19NO5/c1-12(2)15-9-8-14(10-13(15)3)24-18(20)11-23-17-7-5-4-6-16(17)19(21)22/h4-10,12H,11H2,1-3H3. The van der Waals surface area contributed by atoms with Crippen molar-refractivity contribution in [2.45, 2.75) is 26.7 Å². The number of aryl methyl sites for hydroxylation is 1. The Morgan fingerprint density at radius 1 is 1.21 bits per heavy atom. The van der Waals surface area contributed by atoms with Gasteiger partial charge in [-0.1, -0.05) is 32.0 Å². The van der Waals surface area contributed by atoms with Crippen molar-refractivity contribution in [3.63, 3.8) is 0 Å². The summed E-state index contributed by atoms with van der Waals surface area (Å²) in [4.78, 5) is 22.2. The Balaban J connectivity index is 1.99. The molecular formula is C18H19NO5. The third-order valence-corrected chi connectivity index (χ3v) is 3.50. The molecule has 0 amide bonds. The van der Waals surface area contributed by atoms with Crippen LogP contribution in [0.25, 0.3) is 0 Å². The predicted molar refractivity (Wildman–Crippen MR) is 89.5 cm³/mol. The van der Waals surface area contributed by atoms with Crippen LogP contribution in [0, 0.1) is 17.0 Å². The van der Waals surface area contributed by atoms with Crippen molar-refractivity contribution < 1.29 is 19.2 Å². The normalized spacial score (nSPS) is 10.5. The number of rotatable bonds is 6. The third kappa shape index (κ3) is 4.32. The minimum absolute atomic E-state index is 0.0331. The number of hydrogen-bond donors (Lipinski definition) is 0. The molecule has 0 unspecified atom stereocenters. The summed E-state index contributed by atoms with van der Waals surface area (Å²) in [6, 6.07) is 11.3. The highest BCUT2D eigenvalue weighted by Crippen LogP contribution is 2.26. The fourth-order valence-corrected chi connectivity index (χ4v) is 2.39. The molecule has 0 heterocycles. The minimum Gasteiger partial charge on any atom is -0.475 e. The van der Waals surface area contributed by atoms with Crippen LogP contribution in [-0.4, -0.2) is 17.5 Å². The zero-order valence-corrected chi connectivity index (χ0v) is 13.8. The molecule has 6 heteroatoms. The molecule has 0 saturated carbocycles. The molecule has 0 radical (unpaired) electrons. The molecule has 6 nitrogen and oxygen atoms in total. The van der Waals surface area contributed by atoms with Crippen molar-refractivity contribution >= 4 is 11.7 Å². The van der Waals surface area contributed by atoms with Gasteiger partial charge in [0.05, 0.1) is 4.92 Å². The first-order valence-electron chi connectivity index (χ1n) is 7.56. The largest absolute Gasteiger partial charge is 0.475 e. The SMILES string of the molecule is Cc1cc(OC(=O)COc2ccccc2[N+](=O)[O-])ccc1C(C)C. The Hall–Kier alpha value is -2.89. The van der Waals surface area contributed by atoms with E-state index in [1.54, 1.807) is 18.2 Å². The molecule has 0 aliphatic heterocycles. The van der Waals surface area contributed by atoms with Crippen LogP contribution in [0.1, 0.15) is 30.9 Å². The van der Waals surface area contributed by atoms with Gasteiger partial charge in [-0.2, -0.15) is 0 Å². The number of carbonyl (C=O) groups excluding carboxylic acids is 1. The van der Waals surface area contributed by atoms with Crippen LogP contribution in [0.4, 0.5) is 5.69 Å². The van der Waals surface area contributed by atoms with E-state index in [0.717, 1.165) is 5.56 Å². The summed E-state index contributed by atoms with van der Waals surface area (Å²) in [5, 5.41) is 10.9. The van der Waals surface area contributed by atoms with Gasteiger partial charge in [0.2, 0.25) is 0 Å². The number of nitrogens with zero attached hydrogens (tertiary/aromatic N) is 1. The Bertz CT molecular complexity index is 755. The van der Waals surface area contributed by atoms with E-state index in [-0.39, 0.29) is 11.4 Å². The zero-order chi connectivity index (χ0) is 17.7. The van der Waals surface area contributed by atoms with E-state index in [4.69, 9.17) is 9.47 Å². The highest BCUT2D eigenvalue weighted by atomic mass is 16.6. The molecule has 2 aromatic carbocycles. The second-order valence-corrected chi connectivity index (χ2v) is 5.66. The van der Waals surface area contributed by atoms with Gasteiger partial charge in [0.25, 0.3) is 0 Å². The molecule has 126 valence electrons. The molecule has 0 atom stereocenters. The van der Waals surface area contributed by atoms with Crippen molar-refractivity contribution in [1.29, 1.82) is 0 Å². The summed E-state index contributed by atoms with van der Waals surface area (Å²) < 4.78 is 10.4. The average Bonchev–Trinajstić information content (AvgIpc) is 2.52. The van der Waals surface area contributed by atoms with Gasteiger partial charge in [-0.15, -0.1) is 0 Å². The predicted octanol–water partition coefficient (Wildman–Crippen LogP) is 4.01. The molecule has 0 bridgehead atoms. The molecule has 0 saturated heterocycles. The van der Waals surface area contributed by atoms with Crippen LogP contribution in [0.15, 0.2) is 42.5 Å². The lowest BCUT2D eigenvalue weighted by Gasteiger charge is -2.12. The lowest BCUT2D eigenvalue weighted by Crippen LogP contribution is -2.18. The fourth-order valence-electron chi connectivity index (χ4n) is 2.39. The van der Waals surface area contributed by atoms with Crippen LogP contribution in [0.2, 0.25) is 0 Å². The van der Waals surface area contributed by atoms with Gasteiger partial charge in [-0.05, 0) is 42.2 Å². The molecule has 0 aliphatic carbocycles. The maximum Gasteiger partial charge on any atom is 0.349 e. The van der Waals surface area contributed by atoms with Crippen molar-refractivity contribution in [3.05, 3.63) is 63.7 Å². The van der Waals surface area contributed by atoms with Gasteiger partial charge < -0.3 is 9.47 Å². The molecule has 0 N–H and O–H groups in total. The van der Waals surface area contributed by atoms with E-state index in [0.29, 0.717) is 11.7 Å². The number of para-hydroxylation sites is 2.